The summed E-state index contributed by atoms with van der Waals surface area (Å²) in [5.74, 6) is -0.954. The molecule has 176 valence electrons. The maximum Gasteiger partial charge on any atom is 0.219 e. The molecule has 1 amide bonds. The number of piperazine rings is 1. The average Bonchev–Trinajstić information content (AvgIpc) is 2.84. The van der Waals surface area contributed by atoms with Gasteiger partial charge in [0.25, 0.3) is 0 Å². The number of allylic oxidation sites excluding steroid dienone is 1. The highest BCUT2D eigenvalue weighted by Gasteiger charge is 2.24. The molecule has 1 aliphatic heterocycles. The van der Waals surface area contributed by atoms with E-state index in [9.17, 15) is 14.4 Å². The van der Waals surface area contributed by atoms with Gasteiger partial charge in [-0.2, -0.15) is 0 Å². The Kier molecular flexibility index (Phi) is 6.92. The fourth-order valence-corrected chi connectivity index (χ4v) is 4.25. The van der Waals surface area contributed by atoms with Gasteiger partial charge in [0.1, 0.15) is 5.65 Å². The Morgan fingerprint density at radius 2 is 1.82 bits per heavy atom. The minimum atomic E-state index is -0.626. The summed E-state index contributed by atoms with van der Waals surface area (Å²) >= 11 is 3.36. The van der Waals surface area contributed by atoms with Gasteiger partial charge in [0.15, 0.2) is 17.4 Å². The first-order chi connectivity index (χ1) is 16.3. The third-order valence-corrected chi connectivity index (χ3v) is 6.44. The smallest absolute Gasteiger partial charge is 0.219 e. The number of amides is 1. The van der Waals surface area contributed by atoms with Crippen molar-refractivity contribution in [1.82, 2.24) is 14.5 Å². The number of carbonyl (C=O) groups excluding carboxylic acids is 2. The molecule has 0 aliphatic carbocycles. The van der Waals surface area contributed by atoms with E-state index < -0.39 is 17.0 Å². The van der Waals surface area contributed by atoms with Gasteiger partial charge < -0.3 is 14.4 Å². The van der Waals surface area contributed by atoms with Crippen LogP contribution in [0.2, 0.25) is 0 Å². The monoisotopic (exact) mass is 526 g/mol. The first kappa shape index (κ1) is 23.8. The summed E-state index contributed by atoms with van der Waals surface area (Å²) in [5.41, 5.74) is 0.554. The first-order valence-corrected chi connectivity index (χ1v) is 11.8. The van der Waals surface area contributed by atoms with Crippen LogP contribution in [0.1, 0.15) is 29.8 Å². The highest BCUT2D eigenvalue weighted by Crippen LogP contribution is 2.23. The van der Waals surface area contributed by atoms with Crippen LogP contribution in [0.25, 0.3) is 17.1 Å². The summed E-state index contributed by atoms with van der Waals surface area (Å²) in [6, 6.07) is 8.57. The molecule has 0 N–H and O–H groups in total. The largest absolute Gasteiger partial charge is 0.351 e. The van der Waals surface area contributed by atoms with E-state index in [-0.39, 0.29) is 22.7 Å². The molecule has 1 aliphatic rings. The number of pyridine rings is 2. The van der Waals surface area contributed by atoms with Crippen molar-refractivity contribution in [2.45, 2.75) is 20.4 Å². The number of nitrogens with zero attached hydrogens (tertiary/aromatic N) is 4. The molecule has 1 saturated heterocycles. The standard InChI is InChI=1S/C25H24BrFN4O3/c1-3-29-15-20(22(33)9-6-17-4-7-18(26)8-5-17)23(34)19-14-21(27)25(28-24(19)29)31-12-10-30(11-13-31)16(2)32/h4-9,14-15H,3,10-13H2,1-2H3. The lowest BCUT2D eigenvalue weighted by Gasteiger charge is -2.35. The van der Waals surface area contributed by atoms with Crippen LogP contribution in [-0.4, -0.2) is 52.3 Å². The molecule has 0 radical (unpaired) electrons. The normalized spacial score (nSPS) is 14.2. The van der Waals surface area contributed by atoms with E-state index in [1.54, 1.807) is 20.4 Å². The van der Waals surface area contributed by atoms with Gasteiger partial charge >= 0.3 is 0 Å². The number of fused-ring (bicyclic) bond motifs is 1. The number of halogens is 2. The van der Waals surface area contributed by atoms with Crippen LogP contribution in [0.4, 0.5) is 10.2 Å². The van der Waals surface area contributed by atoms with Crippen LogP contribution in [0.3, 0.4) is 0 Å². The van der Waals surface area contributed by atoms with Crippen molar-refractivity contribution in [1.29, 1.82) is 0 Å². The third-order valence-electron chi connectivity index (χ3n) is 5.91. The van der Waals surface area contributed by atoms with Crippen LogP contribution >= 0.6 is 15.9 Å². The van der Waals surface area contributed by atoms with Gasteiger partial charge in [-0.3, -0.25) is 14.4 Å². The number of rotatable bonds is 5. The molecule has 1 aromatic carbocycles. The molecule has 0 atom stereocenters. The predicted octanol–water partition coefficient (Wildman–Crippen LogP) is 3.88. The fourth-order valence-electron chi connectivity index (χ4n) is 3.98. The van der Waals surface area contributed by atoms with Crippen LogP contribution in [0, 0.1) is 5.82 Å². The molecular formula is C25H24BrFN4O3. The Morgan fingerprint density at radius 1 is 1.15 bits per heavy atom. The van der Waals surface area contributed by atoms with Crippen LogP contribution in [0.5, 0.6) is 0 Å². The number of ketones is 1. The van der Waals surface area contributed by atoms with Gasteiger partial charge in [-0.1, -0.05) is 34.1 Å². The summed E-state index contributed by atoms with van der Waals surface area (Å²) in [7, 11) is 0. The van der Waals surface area contributed by atoms with Crippen LogP contribution in [-0.2, 0) is 11.3 Å². The van der Waals surface area contributed by atoms with Crippen LogP contribution < -0.4 is 10.3 Å². The van der Waals surface area contributed by atoms with Gasteiger partial charge in [0.2, 0.25) is 11.3 Å². The minimum Gasteiger partial charge on any atom is -0.351 e. The summed E-state index contributed by atoms with van der Waals surface area (Å²) in [6.07, 6.45) is 4.47. The van der Waals surface area contributed by atoms with Gasteiger partial charge in [-0.05, 0) is 36.8 Å². The summed E-state index contributed by atoms with van der Waals surface area (Å²) in [4.78, 5) is 45.5. The Labute approximate surface area is 204 Å². The lowest BCUT2D eigenvalue weighted by Crippen LogP contribution is -2.48. The quantitative estimate of drug-likeness (QED) is 0.372. The molecule has 1 fully saturated rings. The molecule has 34 heavy (non-hydrogen) atoms. The maximum absolute atomic E-state index is 15.1. The van der Waals surface area contributed by atoms with Crippen LogP contribution in [0.15, 0.2) is 51.9 Å². The second-order valence-electron chi connectivity index (χ2n) is 8.07. The summed E-state index contributed by atoms with van der Waals surface area (Å²) in [5, 5.41) is 0.0633. The second kappa shape index (κ2) is 9.89. The van der Waals surface area contributed by atoms with Crippen molar-refractivity contribution in [3.05, 3.63) is 74.2 Å². The summed E-state index contributed by atoms with van der Waals surface area (Å²) in [6.45, 7) is 5.68. The van der Waals surface area contributed by atoms with E-state index in [4.69, 9.17) is 0 Å². The highest BCUT2D eigenvalue weighted by atomic mass is 79.9. The zero-order valence-corrected chi connectivity index (χ0v) is 20.5. The van der Waals surface area contributed by atoms with Crippen molar-refractivity contribution < 1.29 is 14.0 Å². The van der Waals surface area contributed by atoms with Crippen molar-refractivity contribution >= 4 is 50.5 Å². The highest BCUT2D eigenvalue weighted by molar-refractivity contribution is 9.10. The van der Waals surface area contributed by atoms with E-state index in [0.29, 0.717) is 38.4 Å². The first-order valence-electron chi connectivity index (χ1n) is 11.0. The van der Waals surface area contributed by atoms with Crippen molar-refractivity contribution in [3.8, 4) is 0 Å². The van der Waals surface area contributed by atoms with E-state index in [2.05, 4.69) is 20.9 Å². The van der Waals surface area contributed by atoms with Gasteiger partial charge in [-0.25, -0.2) is 9.37 Å². The maximum atomic E-state index is 15.1. The molecule has 3 aromatic rings. The minimum absolute atomic E-state index is 0.0159. The molecule has 7 nitrogen and oxygen atoms in total. The number of aromatic nitrogens is 2. The molecule has 0 spiro atoms. The topological polar surface area (TPSA) is 75.5 Å². The molecule has 0 unspecified atom stereocenters. The zero-order valence-electron chi connectivity index (χ0n) is 18.9. The van der Waals surface area contributed by atoms with Crippen molar-refractivity contribution in [2.75, 3.05) is 31.1 Å². The summed E-state index contributed by atoms with van der Waals surface area (Å²) < 4.78 is 17.7. The van der Waals surface area contributed by atoms with Gasteiger partial charge in [0.05, 0.1) is 10.9 Å². The number of hydrogen-bond acceptors (Lipinski definition) is 5. The van der Waals surface area contributed by atoms with Crippen molar-refractivity contribution in [2.24, 2.45) is 0 Å². The third kappa shape index (κ3) is 4.79. The second-order valence-corrected chi connectivity index (χ2v) is 8.98. The molecule has 4 rings (SSSR count). The van der Waals surface area contributed by atoms with E-state index in [1.807, 2.05) is 31.2 Å². The Morgan fingerprint density at radius 3 is 2.44 bits per heavy atom. The van der Waals surface area contributed by atoms with E-state index in [0.717, 1.165) is 10.0 Å². The van der Waals surface area contributed by atoms with Crippen molar-refractivity contribution in [3.63, 3.8) is 0 Å². The zero-order chi connectivity index (χ0) is 24.4. The Hall–Kier alpha value is -3.33. The van der Waals surface area contributed by atoms with E-state index >= 15 is 4.39 Å². The average molecular weight is 527 g/mol. The number of aryl methyl sites for hydroxylation is 1. The Bertz CT molecular complexity index is 1340. The molecular weight excluding hydrogens is 503 g/mol. The van der Waals surface area contributed by atoms with Gasteiger partial charge in [-0.15, -0.1) is 0 Å². The number of anilines is 1. The predicted molar refractivity (Wildman–Crippen MR) is 134 cm³/mol. The Balaban J connectivity index is 1.69. The molecule has 9 heteroatoms. The molecule has 0 bridgehead atoms. The lowest BCUT2D eigenvalue weighted by molar-refractivity contribution is -0.129. The molecule has 2 aromatic heterocycles. The van der Waals surface area contributed by atoms with E-state index in [1.165, 1.54) is 25.3 Å². The molecule has 3 heterocycles. The van der Waals surface area contributed by atoms with Gasteiger partial charge in [0, 0.05) is 50.3 Å². The SMILES string of the molecule is CCn1cc(C(=O)C=Cc2ccc(Br)cc2)c(=O)c2cc(F)c(N3CCN(C(C)=O)CC3)nc21. The lowest BCUT2D eigenvalue weighted by atomic mass is 10.1. The number of carbonyl (C=O) groups is 2. The fraction of sp³-hybridized carbons (Fsp3) is 0.280. The number of hydrogen-bond donors (Lipinski definition) is 0. The number of benzene rings is 1. The molecule has 0 saturated carbocycles.